The number of anilines is 1. The lowest BCUT2D eigenvalue weighted by molar-refractivity contribution is 0.101. The molecule has 0 bridgehead atoms. The van der Waals surface area contributed by atoms with Gasteiger partial charge in [-0.25, -0.2) is 8.42 Å². The zero-order valence-corrected chi connectivity index (χ0v) is 17.3. The average molecular weight is 410 g/mol. The molecular weight excluding hydrogens is 386 g/mol. The van der Waals surface area contributed by atoms with Crippen molar-refractivity contribution in [3.8, 4) is 0 Å². The molecule has 2 heterocycles. The Morgan fingerprint density at radius 1 is 1.33 bits per heavy atom. The number of hydrogen-bond acceptors (Lipinski definition) is 3. The molecule has 1 atom stereocenters. The van der Waals surface area contributed by atoms with Crippen LogP contribution in [0.4, 0.5) is 5.69 Å². The van der Waals surface area contributed by atoms with Gasteiger partial charge in [0.2, 0.25) is 10.0 Å². The number of halogens is 1. The fourth-order valence-corrected chi connectivity index (χ4v) is 5.19. The summed E-state index contributed by atoms with van der Waals surface area (Å²) < 4.78 is 28.9. The molecule has 1 amide bonds. The molecule has 1 saturated heterocycles. The Kier molecular flexibility index (Phi) is 5.65. The summed E-state index contributed by atoms with van der Waals surface area (Å²) in [4.78, 5) is 12.8. The maximum absolute atomic E-state index is 12.9. The lowest BCUT2D eigenvalue weighted by Gasteiger charge is -2.29. The number of benzene rings is 1. The van der Waals surface area contributed by atoms with Crippen molar-refractivity contribution in [3.63, 3.8) is 0 Å². The van der Waals surface area contributed by atoms with Gasteiger partial charge in [0.1, 0.15) is 10.6 Å². The number of hydrogen-bond donors (Lipinski definition) is 1. The summed E-state index contributed by atoms with van der Waals surface area (Å²) in [5.41, 5.74) is 1.64. The van der Waals surface area contributed by atoms with Crippen LogP contribution in [0.3, 0.4) is 0 Å². The minimum atomic E-state index is -3.61. The Balaban J connectivity index is 1.85. The zero-order chi connectivity index (χ0) is 19.8. The fraction of sp³-hybridized carbons (Fsp3) is 0.421. The van der Waals surface area contributed by atoms with Gasteiger partial charge < -0.3 is 9.88 Å². The molecule has 3 rings (SSSR count). The van der Waals surface area contributed by atoms with Crippen LogP contribution in [0.15, 0.2) is 35.4 Å². The first kappa shape index (κ1) is 19.9. The molecule has 1 aromatic heterocycles. The highest BCUT2D eigenvalue weighted by atomic mass is 35.5. The van der Waals surface area contributed by atoms with Crippen molar-refractivity contribution in [2.24, 2.45) is 13.0 Å². The molecule has 1 fully saturated rings. The van der Waals surface area contributed by atoms with E-state index in [9.17, 15) is 13.2 Å². The van der Waals surface area contributed by atoms with Crippen LogP contribution in [0, 0.1) is 12.8 Å². The predicted molar refractivity (Wildman–Crippen MR) is 107 cm³/mol. The topological polar surface area (TPSA) is 71.4 Å². The highest BCUT2D eigenvalue weighted by Gasteiger charge is 2.30. The van der Waals surface area contributed by atoms with E-state index in [1.54, 1.807) is 25.2 Å². The average Bonchev–Trinajstić information content (AvgIpc) is 3.01. The number of aromatic nitrogens is 1. The van der Waals surface area contributed by atoms with Gasteiger partial charge in [-0.15, -0.1) is 0 Å². The summed E-state index contributed by atoms with van der Waals surface area (Å²) in [6.07, 6.45) is 3.39. The molecule has 0 radical (unpaired) electrons. The monoisotopic (exact) mass is 409 g/mol. The molecule has 1 aliphatic rings. The molecule has 146 valence electrons. The van der Waals surface area contributed by atoms with Crippen LogP contribution in [0.2, 0.25) is 5.02 Å². The molecule has 0 aliphatic carbocycles. The summed E-state index contributed by atoms with van der Waals surface area (Å²) in [7, 11) is -1.94. The van der Waals surface area contributed by atoms with E-state index in [4.69, 9.17) is 11.6 Å². The molecule has 1 unspecified atom stereocenters. The summed E-state index contributed by atoms with van der Waals surface area (Å²) in [6.45, 7) is 4.90. The second kappa shape index (κ2) is 7.66. The number of amides is 1. The minimum Gasteiger partial charge on any atom is -0.345 e. The fourth-order valence-electron chi connectivity index (χ4n) is 3.34. The van der Waals surface area contributed by atoms with Gasteiger partial charge in [0.05, 0.1) is 0 Å². The van der Waals surface area contributed by atoms with Gasteiger partial charge in [0.25, 0.3) is 5.91 Å². The third-order valence-corrected chi connectivity index (χ3v) is 7.23. The Labute approximate surface area is 165 Å². The minimum absolute atomic E-state index is 0.145. The van der Waals surface area contributed by atoms with Crippen LogP contribution in [-0.4, -0.2) is 36.3 Å². The van der Waals surface area contributed by atoms with Crippen LogP contribution in [-0.2, 0) is 17.1 Å². The molecule has 1 aliphatic heterocycles. The largest absolute Gasteiger partial charge is 0.345 e. The van der Waals surface area contributed by atoms with Gasteiger partial charge in [-0.1, -0.05) is 24.6 Å². The Morgan fingerprint density at radius 3 is 2.78 bits per heavy atom. The lowest BCUT2D eigenvalue weighted by atomic mass is 10.0. The molecule has 27 heavy (non-hydrogen) atoms. The first-order valence-electron chi connectivity index (χ1n) is 8.93. The standard InChI is InChI=1S/C19H24ClN3O3S/c1-13-6-5-9-23(11-13)27(25,26)15-10-18(22(3)12-15)19(24)21-17-8-4-7-16(20)14(17)2/h4,7-8,10,12-13H,5-6,9,11H2,1-3H3,(H,21,24). The van der Waals surface area contributed by atoms with Crippen molar-refractivity contribution >= 4 is 33.2 Å². The molecule has 2 aromatic rings. The molecule has 0 saturated carbocycles. The summed E-state index contributed by atoms with van der Waals surface area (Å²) in [6, 6.07) is 6.70. The summed E-state index contributed by atoms with van der Waals surface area (Å²) >= 11 is 6.09. The Hall–Kier alpha value is -1.83. The predicted octanol–water partition coefficient (Wildman–Crippen LogP) is 3.66. The van der Waals surface area contributed by atoms with Crippen molar-refractivity contribution in [3.05, 3.63) is 46.7 Å². The molecule has 1 N–H and O–H groups in total. The third-order valence-electron chi connectivity index (χ3n) is 4.99. The van der Waals surface area contributed by atoms with Crippen LogP contribution in [0.25, 0.3) is 0 Å². The van der Waals surface area contributed by atoms with Crippen molar-refractivity contribution in [1.82, 2.24) is 8.87 Å². The second-order valence-electron chi connectivity index (χ2n) is 7.15. The van der Waals surface area contributed by atoms with E-state index < -0.39 is 10.0 Å². The van der Waals surface area contributed by atoms with Crippen LogP contribution in [0.5, 0.6) is 0 Å². The maximum Gasteiger partial charge on any atom is 0.272 e. The molecule has 8 heteroatoms. The quantitative estimate of drug-likeness (QED) is 0.837. The lowest BCUT2D eigenvalue weighted by Crippen LogP contribution is -2.38. The van der Waals surface area contributed by atoms with E-state index in [1.807, 2.05) is 6.92 Å². The van der Waals surface area contributed by atoms with Gasteiger partial charge in [0.15, 0.2) is 0 Å². The highest BCUT2D eigenvalue weighted by molar-refractivity contribution is 7.89. The first-order chi connectivity index (χ1) is 12.7. The Morgan fingerprint density at radius 2 is 2.07 bits per heavy atom. The molecule has 6 nitrogen and oxygen atoms in total. The van der Waals surface area contributed by atoms with Crippen LogP contribution >= 0.6 is 11.6 Å². The normalized spacial score (nSPS) is 18.4. The summed E-state index contributed by atoms with van der Waals surface area (Å²) in [5.74, 6) is -0.0397. The second-order valence-corrected chi connectivity index (χ2v) is 9.49. The number of sulfonamides is 1. The van der Waals surface area contributed by atoms with Gasteiger partial charge in [-0.3, -0.25) is 4.79 Å². The molecule has 0 spiro atoms. The van der Waals surface area contributed by atoms with E-state index in [-0.39, 0.29) is 16.5 Å². The number of piperidine rings is 1. The van der Waals surface area contributed by atoms with E-state index >= 15 is 0 Å². The van der Waals surface area contributed by atoms with E-state index in [0.717, 1.165) is 18.4 Å². The third kappa shape index (κ3) is 4.05. The van der Waals surface area contributed by atoms with Gasteiger partial charge in [-0.05, 0) is 49.4 Å². The molecule has 1 aromatic carbocycles. The van der Waals surface area contributed by atoms with E-state index in [1.165, 1.54) is 21.1 Å². The SMILES string of the molecule is Cc1c(Cl)cccc1NC(=O)c1cc(S(=O)(=O)N2CCCC(C)C2)cn1C. The van der Waals surface area contributed by atoms with E-state index in [0.29, 0.717) is 29.7 Å². The number of carbonyl (C=O) groups is 1. The smallest absolute Gasteiger partial charge is 0.272 e. The number of aryl methyl sites for hydroxylation is 1. The van der Waals surface area contributed by atoms with Gasteiger partial charge in [-0.2, -0.15) is 4.31 Å². The van der Waals surface area contributed by atoms with Gasteiger partial charge in [0, 0.05) is 37.0 Å². The van der Waals surface area contributed by atoms with E-state index in [2.05, 4.69) is 12.2 Å². The van der Waals surface area contributed by atoms with Crippen molar-refractivity contribution in [2.75, 3.05) is 18.4 Å². The van der Waals surface area contributed by atoms with Crippen LogP contribution in [0.1, 0.15) is 35.8 Å². The van der Waals surface area contributed by atoms with Crippen molar-refractivity contribution < 1.29 is 13.2 Å². The summed E-state index contributed by atoms with van der Waals surface area (Å²) in [5, 5.41) is 3.36. The number of rotatable bonds is 4. The number of nitrogens with one attached hydrogen (secondary N) is 1. The van der Waals surface area contributed by atoms with Crippen molar-refractivity contribution in [1.29, 1.82) is 0 Å². The van der Waals surface area contributed by atoms with Gasteiger partial charge >= 0.3 is 0 Å². The Bertz CT molecular complexity index is 969. The van der Waals surface area contributed by atoms with Crippen molar-refractivity contribution in [2.45, 2.75) is 31.6 Å². The number of nitrogens with zero attached hydrogens (tertiary/aromatic N) is 2. The number of carbonyl (C=O) groups excluding carboxylic acids is 1. The maximum atomic E-state index is 12.9. The van der Waals surface area contributed by atoms with Crippen LogP contribution < -0.4 is 5.32 Å². The molecular formula is C19H24ClN3O3S. The first-order valence-corrected chi connectivity index (χ1v) is 10.7. The zero-order valence-electron chi connectivity index (χ0n) is 15.7. The highest BCUT2D eigenvalue weighted by Crippen LogP contribution is 2.26.